The number of carbonyl (C=O) groups is 2. The van der Waals surface area contributed by atoms with Crippen LogP contribution in [0.1, 0.15) is 42.1 Å². The second-order valence-corrected chi connectivity index (χ2v) is 6.51. The van der Waals surface area contributed by atoms with E-state index in [0.29, 0.717) is 12.1 Å². The molecule has 2 rings (SSSR count). The summed E-state index contributed by atoms with van der Waals surface area (Å²) in [6.45, 7) is 6.67. The average molecular weight is 303 g/mol. The first-order valence-corrected chi connectivity index (χ1v) is 8.00. The third kappa shape index (κ3) is 4.67. The Hall–Kier alpha value is -1.68. The van der Waals surface area contributed by atoms with Gasteiger partial charge in [0.05, 0.1) is 6.42 Å². The summed E-state index contributed by atoms with van der Waals surface area (Å²) in [6, 6.07) is 7.39. The smallest absolute Gasteiger partial charge is 0.304 e. The number of aliphatic carboxylic acids is 1. The van der Waals surface area contributed by atoms with Gasteiger partial charge in [-0.3, -0.25) is 9.59 Å². The first-order valence-electron chi connectivity index (χ1n) is 8.00. The van der Waals surface area contributed by atoms with Crippen molar-refractivity contribution in [2.75, 3.05) is 19.6 Å². The molecule has 0 bridgehead atoms. The first-order chi connectivity index (χ1) is 10.5. The van der Waals surface area contributed by atoms with Crippen LogP contribution < -0.4 is 0 Å². The number of carbonyl (C=O) groups excluding carboxylic acids is 1. The Kier molecular flexibility index (Phi) is 5.72. The summed E-state index contributed by atoms with van der Waals surface area (Å²) in [6.07, 6.45) is 2.15. The van der Waals surface area contributed by atoms with Crippen LogP contribution in [0, 0.1) is 18.8 Å². The summed E-state index contributed by atoms with van der Waals surface area (Å²) in [7, 11) is 0. The Morgan fingerprint density at radius 1 is 1.23 bits per heavy atom. The number of carboxylic acid groups (broad SMARTS) is 1. The molecule has 0 saturated carbocycles. The molecule has 4 nitrogen and oxygen atoms in total. The molecule has 0 aromatic heterocycles. The topological polar surface area (TPSA) is 57.6 Å². The largest absolute Gasteiger partial charge is 0.481 e. The number of carboxylic acids is 1. The maximum absolute atomic E-state index is 12.6. The fraction of sp³-hybridized carbons (Fsp3) is 0.556. The molecular weight excluding hydrogens is 278 g/mol. The van der Waals surface area contributed by atoms with Crippen molar-refractivity contribution in [2.45, 2.75) is 33.1 Å². The van der Waals surface area contributed by atoms with Crippen LogP contribution in [0.2, 0.25) is 0 Å². The molecule has 1 atom stereocenters. The lowest BCUT2D eigenvalue weighted by atomic mass is 9.92. The highest BCUT2D eigenvalue weighted by atomic mass is 16.4. The van der Waals surface area contributed by atoms with Crippen molar-refractivity contribution in [3.05, 3.63) is 35.4 Å². The summed E-state index contributed by atoms with van der Waals surface area (Å²) >= 11 is 0. The molecule has 1 aliphatic rings. The monoisotopic (exact) mass is 303 g/mol. The number of nitrogens with zero attached hydrogens (tertiary/aromatic N) is 1. The van der Waals surface area contributed by atoms with Gasteiger partial charge in [0.25, 0.3) is 0 Å². The minimum Gasteiger partial charge on any atom is -0.481 e. The maximum Gasteiger partial charge on any atom is 0.304 e. The molecule has 1 heterocycles. The molecule has 1 aromatic rings. The van der Waals surface area contributed by atoms with E-state index >= 15 is 0 Å². The fourth-order valence-electron chi connectivity index (χ4n) is 2.96. The van der Waals surface area contributed by atoms with E-state index in [-0.39, 0.29) is 12.2 Å². The van der Waals surface area contributed by atoms with Crippen LogP contribution in [0.5, 0.6) is 0 Å². The number of rotatable bonds is 6. The van der Waals surface area contributed by atoms with Gasteiger partial charge < -0.3 is 10.0 Å². The predicted octanol–water partition coefficient (Wildman–Crippen LogP) is 3.00. The highest BCUT2D eigenvalue weighted by molar-refractivity contribution is 5.99. The number of aryl methyl sites for hydroxylation is 1. The fourth-order valence-corrected chi connectivity index (χ4v) is 2.96. The van der Waals surface area contributed by atoms with Crippen molar-refractivity contribution in [3.63, 3.8) is 0 Å². The van der Waals surface area contributed by atoms with Crippen LogP contribution >= 0.6 is 0 Å². The zero-order chi connectivity index (χ0) is 16.1. The van der Waals surface area contributed by atoms with E-state index in [9.17, 15) is 9.59 Å². The molecule has 0 spiro atoms. The van der Waals surface area contributed by atoms with E-state index in [1.807, 2.05) is 19.1 Å². The number of ketones is 1. The molecule has 22 heavy (non-hydrogen) atoms. The molecule has 0 radical (unpaired) electrons. The van der Waals surface area contributed by atoms with E-state index in [1.54, 1.807) is 12.1 Å². The van der Waals surface area contributed by atoms with Crippen LogP contribution in [0.3, 0.4) is 0 Å². The van der Waals surface area contributed by atoms with Crippen LogP contribution in [-0.2, 0) is 4.79 Å². The Bertz CT molecular complexity index is 516. The van der Waals surface area contributed by atoms with Crippen LogP contribution in [0.25, 0.3) is 0 Å². The molecule has 1 saturated heterocycles. The van der Waals surface area contributed by atoms with E-state index in [4.69, 9.17) is 5.11 Å². The summed E-state index contributed by atoms with van der Waals surface area (Å²) < 4.78 is 0. The van der Waals surface area contributed by atoms with Gasteiger partial charge in [0.2, 0.25) is 0 Å². The SMILES string of the molecule is Cc1ccc(C(=O)C(CC(=O)O)CN2CCC(C)CC2)cc1. The highest BCUT2D eigenvalue weighted by Crippen LogP contribution is 2.20. The number of Topliss-reactive ketones (excluding diaryl/α,β-unsaturated/α-hetero) is 1. The van der Waals surface area contributed by atoms with Crippen LogP contribution in [0.4, 0.5) is 0 Å². The predicted molar refractivity (Wildman–Crippen MR) is 86.1 cm³/mol. The Morgan fingerprint density at radius 2 is 1.82 bits per heavy atom. The van der Waals surface area contributed by atoms with Crippen molar-refractivity contribution in [2.24, 2.45) is 11.8 Å². The number of hydrogen-bond donors (Lipinski definition) is 1. The molecule has 0 aliphatic carbocycles. The zero-order valence-electron chi connectivity index (χ0n) is 13.4. The summed E-state index contributed by atoms with van der Waals surface area (Å²) in [5.41, 5.74) is 1.71. The molecule has 1 fully saturated rings. The van der Waals surface area contributed by atoms with Gasteiger partial charge in [0, 0.05) is 18.0 Å². The van der Waals surface area contributed by atoms with Crippen molar-refractivity contribution in [1.29, 1.82) is 0 Å². The lowest BCUT2D eigenvalue weighted by Crippen LogP contribution is -2.39. The van der Waals surface area contributed by atoms with Gasteiger partial charge in [-0.1, -0.05) is 36.8 Å². The van der Waals surface area contributed by atoms with Crippen LogP contribution in [0.15, 0.2) is 24.3 Å². The van der Waals surface area contributed by atoms with E-state index < -0.39 is 11.9 Å². The minimum absolute atomic E-state index is 0.0546. The number of likely N-dealkylation sites (tertiary alicyclic amines) is 1. The molecule has 120 valence electrons. The van der Waals surface area contributed by atoms with Crippen molar-refractivity contribution < 1.29 is 14.7 Å². The van der Waals surface area contributed by atoms with Gasteiger partial charge in [-0.05, 0) is 38.8 Å². The second kappa shape index (κ2) is 7.54. The summed E-state index contributed by atoms with van der Waals surface area (Å²) in [5, 5.41) is 9.12. The molecular formula is C18H25NO3. The van der Waals surface area contributed by atoms with E-state index in [1.165, 1.54) is 0 Å². The van der Waals surface area contributed by atoms with Gasteiger partial charge in [0.1, 0.15) is 0 Å². The molecule has 1 aliphatic heterocycles. The number of hydrogen-bond acceptors (Lipinski definition) is 3. The van der Waals surface area contributed by atoms with Gasteiger partial charge in [-0.2, -0.15) is 0 Å². The first kappa shape index (κ1) is 16.7. The maximum atomic E-state index is 12.6. The molecule has 1 N–H and O–H groups in total. The third-order valence-corrected chi connectivity index (χ3v) is 4.48. The van der Waals surface area contributed by atoms with E-state index in [2.05, 4.69) is 11.8 Å². The molecule has 0 amide bonds. The zero-order valence-corrected chi connectivity index (χ0v) is 13.4. The molecule has 1 unspecified atom stereocenters. The second-order valence-electron chi connectivity index (χ2n) is 6.51. The number of benzene rings is 1. The van der Waals surface area contributed by atoms with Gasteiger partial charge in [0.15, 0.2) is 5.78 Å². The quantitative estimate of drug-likeness (QED) is 0.821. The Labute approximate surface area is 132 Å². The average Bonchev–Trinajstić information content (AvgIpc) is 2.48. The summed E-state index contributed by atoms with van der Waals surface area (Å²) in [4.78, 5) is 26.0. The standard InChI is InChI=1S/C18H25NO3/c1-13-3-5-15(6-4-13)18(22)16(11-17(20)21)12-19-9-7-14(2)8-10-19/h3-6,14,16H,7-12H2,1-2H3,(H,20,21). The van der Waals surface area contributed by atoms with Gasteiger partial charge in [-0.25, -0.2) is 0 Å². The van der Waals surface area contributed by atoms with Gasteiger partial charge >= 0.3 is 5.97 Å². The van der Waals surface area contributed by atoms with Crippen LogP contribution in [-0.4, -0.2) is 41.4 Å². The third-order valence-electron chi connectivity index (χ3n) is 4.48. The van der Waals surface area contributed by atoms with E-state index in [0.717, 1.165) is 37.4 Å². The Balaban J connectivity index is 2.06. The Morgan fingerprint density at radius 3 is 2.36 bits per heavy atom. The number of piperidine rings is 1. The normalized spacial score (nSPS) is 18.1. The lowest BCUT2D eigenvalue weighted by molar-refractivity contribution is -0.137. The van der Waals surface area contributed by atoms with Crippen molar-refractivity contribution in [1.82, 2.24) is 4.90 Å². The molecule has 1 aromatic carbocycles. The summed E-state index contributed by atoms with van der Waals surface area (Å²) in [5.74, 6) is -0.701. The highest BCUT2D eigenvalue weighted by Gasteiger charge is 2.27. The molecule has 4 heteroatoms. The van der Waals surface area contributed by atoms with Crippen molar-refractivity contribution in [3.8, 4) is 0 Å². The minimum atomic E-state index is -0.907. The van der Waals surface area contributed by atoms with Gasteiger partial charge in [-0.15, -0.1) is 0 Å². The van der Waals surface area contributed by atoms with Crippen molar-refractivity contribution >= 4 is 11.8 Å². The lowest BCUT2D eigenvalue weighted by Gasteiger charge is -2.32.